The summed E-state index contributed by atoms with van der Waals surface area (Å²) in [6.07, 6.45) is 2.35. The van der Waals surface area contributed by atoms with Crippen LogP contribution in [0.25, 0.3) is 0 Å². The summed E-state index contributed by atoms with van der Waals surface area (Å²) < 4.78 is 25.2. The molecule has 2 rings (SSSR count). The summed E-state index contributed by atoms with van der Waals surface area (Å²) in [5, 5.41) is 2.67. The normalized spacial score (nSPS) is 24.7. The molecule has 0 aromatic rings. The highest BCUT2D eigenvalue weighted by molar-refractivity contribution is 7.89. The quantitative estimate of drug-likeness (QED) is 0.716. The summed E-state index contributed by atoms with van der Waals surface area (Å²) in [5.41, 5.74) is 0. The van der Waals surface area contributed by atoms with Crippen LogP contribution in [-0.4, -0.2) is 44.0 Å². The number of hydrogen-bond acceptors (Lipinski definition) is 3. The maximum atomic E-state index is 11.9. The van der Waals surface area contributed by atoms with Crippen LogP contribution in [0.5, 0.6) is 0 Å². The van der Waals surface area contributed by atoms with Gasteiger partial charge in [-0.05, 0) is 18.8 Å². The van der Waals surface area contributed by atoms with Gasteiger partial charge in [0.05, 0.1) is 5.75 Å². The maximum absolute atomic E-state index is 11.9. The van der Waals surface area contributed by atoms with Gasteiger partial charge in [0.1, 0.15) is 0 Å². The Hall–Kier alpha value is -0.620. The molecule has 0 spiro atoms. The van der Waals surface area contributed by atoms with Crippen LogP contribution >= 0.6 is 0 Å². The minimum Gasteiger partial charge on any atom is -0.355 e. The first-order valence-electron chi connectivity index (χ1n) is 5.32. The second kappa shape index (κ2) is 4.09. The lowest BCUT2D eigenvalue weighted by Gasteiger charge is -2.18. The van der Waals surface area contributed by atoms with Gasteiger partial charge in [0, 0.05) is 26.1 Å². The number of amides is 1. The van der Waals surface area contributed by atoms with Crippen molar-refractivity contribution in [1.29, 1.82) is 0 Å². The van der Waals surface area contributed by atoms with Gasteiger partial charge in [0.15, 0.2) is 0 Å². The molecule has 2 aliphatic rings. The number of nitrogens with one attached hydrogen (secondary N) is 1. The molecule has 0 aromatic carbocycles. The Labute approximate surface area is 89.9 Å². The van der Waals surface area contributed by atoms with Crippen LogP contribution in [0.1, 0.15) is 19.3 Å². The zero-order valence-corrected chi connectivity index (χ0v) is 9.42. The summed E-state index contributed by atoms with van der Waals surface area (Å²) >= 11 is 0. The Balaban J connectivity index is 1.98. The largest absolute Gasteiger partial charge is 0.355 e. The summed E-state index contributed by atoms with van der Waals surface area (Å²) in [4.78, 5) is 11.1. The molecule has 0 radical (unpaired) electrons. The first kappa shape index (κ1) is 10.9. The monoisotopic (exact) mass is 232 g/mol. The van der Waals surface area contributed by atoms with Gasteiger partial charge in [0.2, 0.25) is 15.9 Å². The molecule has 1 saturated heterocycles. The summed E-state index contributed by atoms with van der Waals surface area (Å²) in [7, 11) is -3.13. The third-order valence-corrected chi connectivity index (χ3v) is 4.85. The minimum absolute atomic E-state index is 0.0564. The van der Waals surface area contributed by atoms with Crippen molar-refractivity contribution >= 4 is 15.9 Å². The fourth-order valence-electron chi connectivity index (χ4n) is 1.71. The zero-order valence-electron chi connectivity index (χ0n) is 8.61. The minimum atomic E-state index is -3.13. The Morgan fingerprint density at radius 3 is 2.73 bits per heavy atom. The first-order valence-corrected chi connectivity index (χ1v) is 6.93. The van der Waals surface area contributed by atoms with Gasteiger partial charge < -0.3 is 5.32 Å². The lowest BCUT2D eigenvalue weighted by atomic mass is 10.4. The van der Waals surface area contributed by atoms with Crippen molar-refractivity contribution in [3.63, 3.8) is 0 Å². The Morgan fingerprint density at radius 1 is 1.33 bits per heavy atom. The van der Waals surface area contributed by atoms with Crippen molar-refractivity contribution < 1.29 is 13.2 Å². The van der Waals surface area contributed by atoms with E-state index < -0.39 is 10.0 Å². The average molecular weight is 232 g/mol. The molecule has 1 N–H and O–H groups in total. The third kappa shape index (κ3) is 2.92. The predicted octanol–water partition coefficient (Wildman–Crippen LogP) is -0.452. The topological polar surface area (TPSA) is 66.5 Å². The smallest absolute Gasteiger partial charge is 0.221 e. The predicted molar refractivity (Wildman–Crippen MR) is 55.7 cm³/mol. The molecule has 0 unspecified atom stereocenters. The number of nitrogens with zero attached hydrogens (tertiary/aromatic N) is 1. The van der Waals surface area contributed by atoms with Gasteiger partial charge in [-0.1, -0.05) is 0 Å². The second-order valence-corrected chi connectivity index (χ2v) is 6.23. The van der Waals surface area contributed by atoms with Gasteiger partial charge in [-0.2, -0.15) is 4.31 Å². The number of carbonyl (C=O) groups is 1. The molecule has 1 aliphatic carbocycles. The fraction of sp³-hybridized carbons (Fsp3) is 0.889. The van der Waals surface area contributed by atoms with E-state index in [2.05, 4.69) is 5.32 Å². The molecule has 1 heterocycles. The van der Waals surface area contributed by atoms with Crippen LogP contribution in [0, 0.1) is 5.92 Å². The highest BCUT2D eigenvalue weighted by Gasteiger charge is 2.32. The van der Waals surface area contributed by atoms with Crippen molar-refractivity contribution in [2.45, 2.75) is 19.3 Å². The SMILES string of the molecule is O=C1CCN(S(=O)(=O)CC2CC2)CCN1. The molecule has 86 valence electrons. The highest BCUT2D eigenvalue weighted by atomic mass is 32.2. The van der Waals surface area contributed by atoms with Gasteiger partial charge in [-0.25, -0.2) is 8.42 Å². The number of rotatable bonds is 3. The average Bonchev–Trinajstić information content (AvgIpc) is 2.92. The van der Waals surface area contributed by atoms with Crippen LogP contribution in [0.4, 0.5) is 0 Å². The highest BCUT2D eigenvalue weighted by Crippen LogP contribution is 2.31. The number of hydrogen-bond donors (Lipinski definition) is 1. The lowest BCUT2D eigenvalue weighted by Crippen LogP contribution is -2.36. The van der Waals surface area contributed by atoms with Crippen molar-refractivity contribution in [1.82, 2.24) is 9.62 Å². The summed E-state index contributed by atoms with van der Waals surface area (Å²) in [5.74, 6) is 0.572. The molecular formula is C9H16N2O3S. The van der Waals surface area contributed by atoms with E-state index in [9.17, 15) is 13.2 Å². The van der Waals surface area contributed by atoms with Crippen LogP contribution < -0.4 is 5.32 Å². The van der Waals surface area contributed by atoms with Crippen molar-refractivity contribution in [2.24, 2.45) is 5.92 Å². The van der Waals surface area contributed by atoms with E-state index in [0.29, 0.717) is 25.6 Å². The Morgan fingerprint density at radius 2 is 2.07 bits per heavy atom. The molecule has 1 amide bonds. The molecule has 1 saturated carbocycles. The van der Waals surface area contributed by atoms with Gasteiger partial charge in [-0.15, -0.1) is 0 Å². The van der Waals surface area contributed by atoms with E-state index in [4.69, 9.17) is 0 Å². The molecule has 0 aromatic heterocycles. The van der Waals surface area contributed by atoms with E-state index in [1.165, 1.54) is 4.31 Å². The molecular weight excluding hydrogens is 216 g/mol. The van der Waals surface area contributed by atoms with E-state index in [1.54, 1.807) is 0 Å². The van der Waals surface area contributed by atoms with E-state index >= 15 is 0 Å². The van der Waals surface area contributed by atoms with Crippen LogP contribution in [0.3, 0.4) is 0 Å². The first-order chi connectivity index (χ1) is 7.08. The molecule has 1 aliphatic heterocycles. The molecule has 0 bridgehead atoms. The zero-order chi connectivity index (χ0) is 10.9. The van der Waals surface area contributed by atoms with Gasteiger partial charge in [0.25, 0.3) is 0 Å². The van der Waals surface area contributed by atoms with Crippen molar-refractivity contribution in [3.8, 4) is 0 Å². The summed E-state index contributed by atoms with van der Waals surface area (Å²) in [6, 6.07) is 0. The second-order valence-electron chi connectivity index (χ2n) is 4.22. The van der Waals surface area contributed by atoms with Crippen molar-refractivity contribution in [2.75, 3.05) is 25.4 Å². The van der Waals surface area contributed by atoms with Crippen molar-refractivity contribution in [3.05, 3.63) is 0 Å². The Bertz CT molecular complexity index is 348. The van der Waals surface area contributed by atoms with Gasteiger partial charge >= 0.3 is 0 Å². The van der Waals surface area contributed by atoms with E-state index in [-0.39, 0.29) is 18.1 Å². The van der Waals surface area contributed by atoms with E-state index in [1.807, 2.05) is 0 Å². The standard InChI is InChI=1S/C9H16N2O3S/c12-9-3-5-11(6-4-10-9)15(13,14)7-8-1-2-8/h8H,1-7H2,(H,10,12). The molecule has 6 heteroatoms. The van der Waals surface area contributed by atoms with Crippen LogP contribution in [0.2, 0.25) is 0 Å². The molecule has 0 atom stereocenters. The molecule has 5 nitrogen and oxygen atoms in total. The van der Waals surface area contributed by atoms with E-state index in [0.717, 1.165) is 12.8 Å². The lowest BCUT2D eigenvalue weighted by molar-refractivity contribution is -0.120. The fourth-order valence-corrected chi connectivity index (χ4v) is 3.59. The van der Waals surface area contributed by atoms with Crippen LogP contribution in [0.15, 0.2) is 0 Å². The number of carbonyl (C=O) groups excluding carboxylic acids is 1. The third-order valence-electron chi connectivity index (χ3n) is 2.81. The molecule has 2 fully saturated rings. The maximum Gasteiger partial charge on any atom is 0.221 e. The van der Waals surface area contributed by atoms with Crippen LogP contribution in [-0.2, 0) is 14.8 Å². The number of sulfonamides is 1. The molecule has 15 heavy (non-hydrogen) atoms. The van der Waals surface area contributed by atoms with Gasteiger partial charge in [-0.3, -0.25) is 4.79 Å². The summed E-state index contributed by atoms with van der Waals surface area (Å²) in [6.45, 7) is 1.18. The Kier molecular flexibility index (Phi) is 2.97.